The predicted octanol–water partition coefficient (Wildman–Crippen LogP) is 4.41. The van der Waals surface area contributed by atoms with Gasteiger partial charge in [0.25, 0.3) is 0 Å². The quantitative estimate of drug-likeness (QED) is 0.513. The maximum Gasteiger partial charge on any atom is 0.317 e. The average Bonchev–Trinajstić information content (AvgIpc) is 3.39. The molecule has 1 saturated carbocycles. The van der Waals surface area contributed by atoms with E-state index in [-0.39, 0.29) is 24.3 Å². The van der Waals surface area contributed by atoms with Crippen LogP contribution in [0.1, 0.15) is 59.2 Å². The summed E-state index contributed by atoms with van der Waals surface area (Å²) in [4.78, 5) is 40.1. The predicted molar refractivity (Wildman–Crippen MR) is 118 cm³/mol. The van der Waals surface area contributed by atoms with Gasteiger partial charge in [-0.2, -0.15) is 0 Å². The third kappa shape index (κ3) is 3.45. The summed E-state index contributed by atoms with van der Waals surface area (Å²) >= 11 is 6.02. The van der Waals surface area contributed by atoms with E-state index in [2.05, 4.69) is 0 Å². The molecule has 160 valence electrons. The van der Waals surface area contributed by atoms with E-state index in [0.717, 1.165) is 54.6 Å². The van der Waals surface area contributed by atoms with Crippen LogP contribution in [0.5, 0.6) is 0 Å². The van der Waals surface area contributed by atoms with Crippen molar-refractivity contribution in [2.24, 2.45) is 0 Å². The highest BCUT2D eigenvalue weighted by Gasteiger charge is 2.44. The van der Waals surface area contributed by atoms with Crippen molar-refractivity contribution in [2.75, 3.05) is 18.1 Å². The molecule has 1 aliphatic carbocycles. The van der Waals surface area contributed by atoms with E-state index >= 15 is 0 Å². The Morgan fingerprint density at radius 1 is 1.03 bits per heavy atom. The van der Waals surface area contributed by atoms with Gasteiger partial charge in [0.15, 0.2) is 12.4 Å². The van der Waals surface area contributed by atoms with Gasteiger partial charge in [-0.3, -0.25) is 14.4 Å². The lowest BCUT2D eigenvalue weighted by atomic mass is 9.79. The summed E-state index contributed by atoms with van der Waals surface area (Å²) in [6.07, 6.45) is 5.41. The van der Waals surface area contributed by atoms with Crippen LogP contribution in [0.25, 0.3) is 0 Å². The number of esters is 1. The molecule has 0 radical (unpaired) electrons. The first kappa shape index (κ1) is 20.3. The van der Waals surface area contributed by atoms with E-state index in [9.17, 15) is 14.4 Å². The normalized spacial score (nSPS) is 18.7. The molecule has 0 atom stereocenters. The SMILES string of the molecule is O=C(COC(=O)C1(c2ccc(Cl)cc2)CCCC1)c1cc2c3c(c1)CC(=O)N3CCC2. The summed E-state index contributed by atoms with van der Waals surface area (Å²) in [6, 6.07) is 11.0. The van der Waals surface area contributed by atoms with Crippen LogP contribution in [0, 0.1) is 0 Å². The number of carbonyl (C=O) groups is 3. The second-order valence-corrected chi connectivity index (χ2v) is 9.20. The Morgan fingerprint density at radius 3 is 2.48 bits per heavy atom. The summed E-state index contributed by atoms with van der Waals surface area (Å²) in [5.41, 5.74) is 3.64. The highest BCUT2D eigenvalue weighted by Crippen LogP contribution is 2.43. The molecule has 2 aliphatic heterocycles. The highest BCUT2D eigenvalue weighted by molar-refractivity contribution is 6.30. The lowest BCUT2D eigenvalue weighted by Crippen LogP contribution is -2.35. The lowest BCUT2D eigenvalue weighted by Gasteiger charge is -2.27. The Morgan fingerprint density at radius 2 is 1.74 bits per heavy atom. The maximum absolute atomic E-state index is 13.1. The van der Waals surface area contributed by atoms with Crippen molar-refractivity contribution in [3.63, 3.8) is 0 Å². The fraction of sp³-hybridized carbons (Fsp3) is 0.400. The Kier molecular flexibility index (Phi) is 5.09. The van der Waals surface area contributed by atoms with Gasteiger partial charge in [0.05, 0.1) is 17.5 Å². The molecule has 2 aromatic carbocycles. The van der Waals surface area contributed by atoms with Crippen molar-refractivity contribution in [1.82, 2.24) is 0 Å². The van der Waals surface area contributed by atoms with Crippen molar-refractivity contribution in [2.45, 2.75) is 50.4 Å². The van der Waals surface area contributed by atoms with Gasteiger partial charge in [-0.15, -0.1) is 0 Å². The number of aryl methyl sites for hydroxylation is 1. The summed E-state index contributed by atoms with van der Waals surface area (Å²) < 4.78 is 5.58. The molecule has 0 unspecified atom stereocenters. The number of Topliss-reactive ketones (excluding diaryl/α,β-unsaturated/α-hetero) is 1. The zero-order valence-corrected chi connectivity index (χ0v) is 18.0. The van der Waals surface area contributed by atoms with Crippen LogP contribution < -0.4 is 4.90 Å². The van der Waals surface area contributed by atoms with Crippen LogP contribution in [-0.2, 0) is 32.6 Å². The number of hydrogen-bond acceptors (Lipinski definition) is 4. The zero-order chi connectivity index (χ0) is 21.6. The summed E-state index contributed by atoms with van der Waals surface area (Å²) in [7, 11) is 0. The third-order valence-corrected chi connectivity index (χ3v) is 7.16. The van der Waals surface area contributed by atoms with E-state index in [4.69, 9.17) is 16.3 Å². The van der Waals surface area contributed by atoms with Gasteiger partial charge in [-0.25, -0.2) is 0 Å². The molecule has 1 fully saturated rings. The minimum Gasteiger partial charge on any atom is -0.457 e. The molecule has 0 bridgehead atoms. The smallest absolute Gasteiger partial charge is 0.317 e. The number of ketones is 1. The number of nitrogens with zero attached hydrogens (tertiary/aromatic N) is 1. The molecule has 6 heteroatoms. The second kappa shape index (κ2) is 7.79. The number of anilines is 1. The Balaban J connectivity index is 1.34. The molecule has 2 heterocycles. The lowest BCUT2D eigenvalue weighted by molar-refractivity contribution is -0.149. The molecule has 5 nitrogen and oxygen atoms in total. The Labute approximate surface area is 186 Å². The van der Waals surface area contributed by atoms with E-state index < -0.39 is 5.41 Å². The number of amides is 1. The van der Waals surface area contributed by atoms with Crippen molar-refractivity contribution in [3.8, 4) is 0 Å². The summed E-state index contributed by atoms with van der Waals surface area (Å²) in [5.74, 6) is -0.476. The van der Waals surface area contributed by atoms with Gasteiger partial charge < -0.3 is 9.64 Å². The van der Waals surface area contributed by atoms with E-state index in [1.165, 1.54) is 0 Å². The highest BCUT2D eigenvalue weighted by atomic mass is 35.5. The van der Waals surface area contributed by atoms with Gasteiger partial charge in [-0.1, -0.05) is 36.6 Å². The van der Waals surface area contributed by atoms with Crippen molar-refractivity contribution in [1.29, 1.82) is 0 Å². The number of carbonyl (C=O) groups excluding carboxylic acids is 3. The molecular weight excluding hydrogens is 414 g/mol. The molecular formula is C25H24ClNO4. The summed E-state index contributed by atoms with van der Waals surface area (Å²) in [6.45, 7) is 0.459. The molecule has 0 N–H and O–H groups in total. The molecule has 3 aliphatic rings. The maximum atomic E-state index is 13.1. The van der Waals surface area contributed by atoms with E-state index in [1.54, 1.807) is 18.2 Å². The van der Waals surface area contributed by atoms with Crippen molar-refractivity contribution in [3.05, 3.63) is 63.7 Å². The van der Waals surface area contributed by atoms with Gasteiger partial charge in [0, 0.05) is 17.1 Å². The number of benzene rings is 2. The standard InChI is InChI=1S/C25H24ClNO4/c26-20-7-5-19(6-8-20)25(9-1-2-10-25)24(30)31-15-21(28)17-12-16-4-3-11-27-22(29)14-18(13-17)23(16)27/h5-8,12-13H,1-4,9-11,14-15H2. The van der Waals surface area contributed by atoms with Gasteiger partial charge in [0.2, 0.25) is 5.91 Å². The minimum absolute atomic E-state index is 0.0955. The van der Waals surface area contributed by atoms with Crippen LogP contribution in [-0.4, -0.2) is 30.8 Å². The fourth-order valence-electron chi connectivity index (χ4n) is 5.35. The fourth-order valence-corrected chi connectivity index (χ4v) is 5.48. The summed E-state index contributed by atoms with van der Waals surface area (Å²) in [5, 5.41) is 0.623. The Bertz CT molecular complexity index is 1070. The molecule has 2 aromatic rings. The van der Waals surface area contributed by atoms with Crippen LogP contribution >= 0.6 is 11.6 Å². The molecule has 31 heavy (non-hydrogen) atoms. The number of ether oxygens (including phenoxy) is 1. The average molecular weight is 438 g/mol. The first-order valence-electron chi connectivity index (χ1n) is 10.9. The van der Waals surface area contributed by atoms with E-state index in [0.29, 0.717) is 29.8 Å². The van der Waals surface area contributed by atoms with Gasteiger partial charge in [0.1, 0.15) is 0 Å². The minimum atomic E-state index is -0.707. The van der Waals surface area contributed by atoms with Crippen molar-refractivity contribution >= 4 is 34.9 Å². The molecule has 0 aromatic heterocycles. The van der Waals surface area contributed by atoms with Crippen LogP contribution in [0.4, 0.5) is 5.69 Å². The topological polar surface area (TPSA) is 63.7 Å². The van der Waals surface area contributed by atoms with Crippen LogP contribution in [0.2, 0.25) is 5.02 Å². The molecule has 5 rings (SSSR count). The molecule has 0 saturated heterocycles. The second-order valence-electron chi connectivity index (χ2n) is 8.76. The zero-order valence-electron chi connectivity index (χ0n) is 17.3. The monoisotopic (exact) mass is 437 g/mol. The largest absolute Gasteiger partial charge is 0.457 e. The van der Waals surface area contributed by atoms with Crippen molar-refractivity contribution < 1.29 is 19.1 Å². The van der Waals surface area contributed by atoms with Gasteiger partial charge in [-0.05, 0) is 66.6 Å². The molecule has 1 amide bonds. The number of hydrogen-bond donors (Lipinski definition) is 0. The third-order valence-electron chi connectivity index (χ3n) is 6.91. The first-order chi connectivity index (χ1) is 15.0. The van der Waals surface area contributed by atoms with Crippen LogP contribution in [0.15, 0.2) is 36.4 Å². The van der Waals surface area contributed by atoms with Crippen LogP contribution in [0.3, 0.4) is 0 Å². The van der Waals surface area contributed by atoms with E-state index in [1.807, 2.05) is 23.1 Å². The van der Waals surface area contributed by atoms with Gasteiger partial charge >= 0.3 is 5.97 Å². The first-order valence-corrected chi connectivity index (χ1v) is 11.3. The molecule has 0 spiro atoms. The Hall–Kier alpha value is -2.66. The number of halogens is 1. The number of rotatable bonds is 5.